The monoisotopic (exact) mass is 295 g/mol. The molecule has 2 aromatic rings. The minimum absolute atomic E-state index is 0.842. The van der Waals surface area contributed by atoms with Crippen molar-refractivity contribution in [3.63, 3.8) is 0 Å². The van der Waals surface area contributed by atoms with Crippen molar-refractivity contribution < 1.29 is 0 Å². The number of pyridine rings is 2. The average molecular weight is 295 g/mol. The molecule has 1 saturated carbocycles. The van der Waals surface area contributed by atoms with Crippen molar-refractivity contribution >= 4 is 0 Å². The second kappa shape index (κ2) is 6.57. The van der Waals surface area contributed by atoms with Crippen molar-refractivity contribution in [2.45, 2.75) is 40.3 Å². The molecule has 2 atom stereocenters. The summed E-state index contributed by atoms with van der Waals surface area (Å²) >= 11 is 0. The normalized spacial score (nSPS) is 20.4. The van der Waals surface area contributed by atoms with Crippen molar-refractivity contribution in [3.8, 4) is 0 Å². The van der Waals surface area contributed by atoms with Gasteiger partial charge in [0.1, 0.15) is 0 Å². The molecular formula is C19H25N3. The summed E-state index contributed by atoms with van der Waals surface area (Å²) in [6, 6.07) is 12.6. The minimum Gasteiger partial charge on any atom is -0.291 e. The van der Waals surface area contributed by atoms with E-state index in [9.17, 15) is 0 Å². The molecular weight excluding hydrogens is 270 g/mol. The number of aromatic nitrogens is 2. The van der Waals surface area contributed by atoms with Gasteiger partial charge in [0, 0.05) is 31.0 Å². The molecule has 2 heterocycles. The molecule has 0 radical (unpaired) electrons. The highest BCUT2D eigenvalue weighted by Gasteiger charge is 2.34. The third kappa shape index (κ3) is 4.14. The fourth-order valence-electron chi connectivity index (χ4n) is 3.00. The predicted octanol–water partition coefficient (Wildman–Crippen LogP) is 3.75. The predicted molar refractivity (Wildman–Crippen MR) is 89.3 cm³/mol. The van der Waals surface area contributed by atoms with Gasteiger partial charge in [0.15, 0.2) is 0 Å². The Morgan fingerprint density at radius 1 is 0.955 bits per heavy atom. The first kappa shape index (κ1) is 15.2. The summed E-state index contributed by atoms with van der Waals surface area (Å²) in [4.78, 5) is 11.8. The van der Waals surface area contributed by atoms with Crippen LogP contribution in [0.25, 0.3) is 0 Å². The average Bonchev–Trinajstić information content (AvgIpc) is 3.14. The van der Waals surface area contributed by atoms with E-state index >= 15 is 0 Å². The molecule has 1 fully saturated rings. The van der Waals surface area contributed by atoms with Gasteiger partial charge in [-0.3, -0.25) is 14.9 Å². The molecule has 3 nitrogen and oxygen atoms in total. The fourth-order valence-corrected chi connectivity index (χ4v) is 3.00. The molecule has 116 valence electrons. The van der Waals surface area contributed by atoms with Crippen LogP contribution >= 0.6 is 0 Å². The smallest absolute Gasteiger partial charge is 0.0547 e. The van der Waals surface area contributed by atoms with Crippen LogP contribution in [0.2, 0.25) is 0 Å². The molecule has 0 amide bonds. The first-order chi connectivity index (χ1) is 10.6. The third-order valence-electron chi connectivity index (χ3n) is 4.43. The van der Waals surface area contributed by atoms with E-state index in [1.807, 2.05) is 0 Å². The largest absolute Gasteiger partial charge is 0.291 e. The van der Waals surface area contributed by atoms with Gasteiger partial charge in [-0.05, 0) is 56.4 Å². The van der Waals surface area contributed by atoms with Crippen LogP contribution in [-0.2, 0) is 13.1 Å². The van der Waals surface area contributed by atoms with Crippen LogP contribution in [0.3, 0.4) is 0 Å². The lowest BCUT2D eigenvalue weighted by molar-refractivity contribution is 0.236. The summed E-state index contributed by atoms with van der Waals surface area (Å²) in [5.41, 5.74) is 4.48. The standard InChI is InChI=1S/C19H25N3/c1-14-10-17(14)11-22(12-18-8-4-6-15(2)20-18)13-19-9-5-7-16(3)21-19/h4-9,14,17H,10-13H2,1-3H3. The molecule has 3 rings (SSSR count). The Hall–Kier alpha value is -1.74. The van der Waals surface area contributed by atoms with Crippen LogP contribution < -0.4 is 0 Å². The summed E-state index contributed by atoms with van der Waals surface area (Å²) in [6.45, 7) is 9.41. The lowest BCUT2D eigenvalue weighted by Gasteiger charge is -2.22. The van der Waals surface area contributed by atoms with Crippen LogP contribution in [0.5, 0.6) is 0 Å². The van der Waals surface area contributed by atoms with Crippen LogP contribution in [0.1, 0.15) is 36.1 Å². The summed E-state index contributed by atoms with van der Waals surface area (Å²) < 4.78 is 0. The third-order valence-corrected chi connectivity index (χ3v) is 4.43. The topological polar surface area (TPSA) is 29.0 Å². The second-order valence-electron chi connectivity index (χ2n) is 6.68. The molecule has 2 aromatic heterocycles. The van der Waals surface area contributed by atoms with Gasteiger partial charge < -0.3 is 0 Å². The molecule has 0 bridgehead atoms. The Balaban J connectivity index is 1.71. The Morgan fingerprint density at radius 2 is 1.45 bits per heavy atom. The van der Waals surface area contributed by atoms with Gasteiger partial charge in [-0.2, -0.15) is 0 Å². The van der Waals surface area contributed by atoms with Gasteiger partial charge in [0.05, 0.1) is 11.4 Å². The van der Waals surface area contributed by atoms with Crippen LogP contribution in [0.4, 0.5) is 0 Å². The molecule has 0 aromatic carbocycles. The summed E-state index contributed by atoms with van der Waals surface area (Å²) in [6.07, 6.45) is 1.36. The molecule has 1 aliphatic carbocycles. The van der Waals surface area contributed by atoms with Gasteiger partial charge in [-0.25, -0.2) is 0 Å². The van der Waals surface area contributed by atoms with E-state index in [4.69, 9.17) is 0 Å². The summed E-state index contributed by atoms with van der Waals surface area (Å²) in [7, 11) is 0. The first-order valence-electron chi connectivity index (χ1n) is 8.17. The molecule has 1 aliphatic rings. The van der Waals surface area contributed by atoms with Gasteiger partial charge in [-0.15, -0.1) is 0 Å². The van der Waals surface area contributed by atoms with Gasteiger partial charge in [-0.1, -0.05) is 19.1 Å². The molecule has 3 heteroatoms. The fraction of sp³-hybridized carbons (Fsp3) is 0.474. The van der Waals surface area contributed by atoms with E-state index in [1.165, 1.54) is 6.42 Å². The Bertz CT molecular complexity index is 591. The lowest BCUT2D eigenvalue weighted by atomic mass is 10.2. The SMILES string of the molecule is Cc1cccc(CN(Cc2cccc(C)n2)CC2CC2C)n1. The van der Waals surface area contributed by atoms with Crippen LogP contribution in [0, 0.1) is 25.7 Å². The molecule has 2 unspecified atom stereocenters. The Morgan fingerprint density at radius 3 is 1.86 bits per heavy atom. The maximum atomic E-state index is 4.66. The molecule has 0 aliphatic heterocycles. The first-order valence-corrected chi connectivity index (χ1v) is 8.17. The van der Waals surface area contributed by atoms with Crippen molar-refractivity contribution in [3.05, 3.63) is 59.2 Å². The zero-order valence-corrected chi connectivity index (χ0v) is 13.8. The zero-order valence-electron chi connectivity index (χ0n) is 13.8. The van der Waals surface area contributed by atoms with Gasteiger partial charge in [0.25, 0.3) is 0 Å². The van der Waals surface area contributed by atoms with Crippen molar-refractivity contribution in [2.75, 3.05) is 6.54 Å². The van der Waals surface area contributed by atoms with E-state index in [2.05, 4.69) is 72.0 Å². The van der Waals surface area contributed by atoms with Crippen molar-refractivity contribution in [2.24, 2.45) is 11.8 Å². The Kier molecular flexibility index (Phi) is 4.53. The highest BCUT2D eigenvalue weighted by molar-refractivity contribution is 5.12. The van der Waals surface area contributed by atoms with Crippen LogP contribution in [-0.4, -0.2) is 21.4 Å². The highest BCUT2D eigenvalue weighted by atomic mass is 15.1. The molecule has 22 heavy (non-hydrogen) atoms. The zero-order chi connectivity index (χ0) is 15.5. The van der Waals surface area contributed by atoms with Gasteiger partial charge >= 0.3 is 0 Å². The second-order valence-corrected chi connectivity index (χ2v) is 6.68. The van der Waals surface area contributed by atoms with Crippen molar-refractivity contribution in [1.82, 2.24) is 14.9 Å². The highest BCUT2D eigenvalue weighted by Crippen LogP contribution is 2.38. The Labute approximate surface area is 133 Å². The van der Waals surface area contributed by atoms with E-state index in [0.717, 1.165) is 54.2 Å². The van der Waals surface area contributed by atoms with E-state index in [0.29, 0.717) is 0 Å². The van der Waals surface area contributed by atoms with E-state index in [1.54, 1.807) is 0 Å². The maximum absolute atomic E-state index is 4.66. The number of hydrogen-bond acceptors (Lipinski definition) is 3. The number of aryl methyl sites for hydroxylation is 2. The molecule has 0 saturated heterocycles. The molecule has 0 spiro atoms. The number of hydrogen-bond donors (Lipinski definition) is 0. The number of nitrogens with zero attached hydrogens (tertiary/aromatic N) is 3. The van der Waals surface area contributed by atoms with E-state index in [-0.39, 0.29) is 0 Å². The lowest BCUT2D eigenvalue weighted by Crippen LogP contribution is -2.26. The minimum atomic E-state index is 0.842. The van der Waals surface area contributed by atoms with Crippen molar-refractivity contribution in [1.29, 1.82) is 0 Å². The summed E-state index contributed by atoms with van der Waals surface area (Å²) in [5, 5.41) is 0. The molecule has 0 N–H and O–H groups in total. The van der Waals surface area contributed by atoms with E-state index < -0.39 is 0 Å². The van der Waals surface area contributed by atoms with Gasteiger partial charge in [0.2, 0.25) is 0 Å². The maximum Gasteiger partial charge on any atom is 0.0547 e. The quantitative estimate of drug-likeness (QED) is 0.812. The summed E-state index contributed by atoms with van der Waals surface area (Å²) in [5.74, 6) is 1.72. The number of rotatable bonds is 6. The van der Waals surface area contributed by atoms with Crippen LogP contribution in [0.15, 0.2) is 36.4 Å².